The number of sulfonamides is 1. The minimum Gasteiger partial charge on any atom is -0.293 e. The van der Waals surface area contributed by atoms with Gasteiger partial charge >= 0.3 is 0 Å². The number of nitrogens with one attached hydrogen (secondary N) is 1. The highest BCUT2D eigenvalue weighted by molar-refractivity contribution is 7.99. The average molecular weight is 384 g/mol. The Morgan fingerprint density at radius 1 is 1.12 bits per heavy atom. The van der Waals surface area contributed by atoms with Gasteiger partial charge in [-0.05, 0) is 48.9 Å². The fourth-order valence-electron chi connectivity index (χ4n) is 2.03. The number of benzene rings is 2. The predicted molar refractivity (Wildman–Crippen MR) is 101 cm³/mol. The van der Waals surface area contributed by atoms with Crippen molar-refractivity contribution in [2.45, 2.75) is 17.9 Å². The van der Waals surface area contributed by atoms with E-state index in [0.29, 0.717) is 16.3 Å². The quantitative estimate of drug-likeness (QED) is 0.727. The van der Waals surface area contributed by atoms with Crippen LogP contribution in [0.2, 0.25) is 5.02 Å². The molecule has 1 atom stereocenters. The van der Waals surface area contributed by atoms with Crippen molar-refractivity contribution in [3.8, 4) is 0 Å². The maximum atomic E-state index is 12.4. The van der Waals surface area contributed by atoms with Crippen LogP contribution < -0.4 is 4.72 Å². The molecule has 0 aliphatic rings. The van der Waals surface area contributed by atoms with Crippen LogP contribution in [0.4, 0.5) is 5.69 Å². The average Bonchev–Trinajstić information content (AvgIpc) is 2.52. The monoisotopic (exact) mass is 383 g/mol. The number of rotatable bonds is 7. The van der Waals surface area contributed by atoms with Crippen LogP contribution >= 0.6 is 23.4 Å². The zero-order valence-electron chi connectivity index (χ0n) is 13.3. The summed E-state index contributed by atoms with van der Waals surface area (Å²) in [5.41, 5.74) is 2.11. The van der Waals surface area contributed by atoms with Crippen molar-refractivity contribution in [2.75, 3.05) is 11.0 Å². The first-order valence-corrected chi connectivity index (χ1v) is 10.5. The highest BCUT2D eigenvalue weighted by Gasteiger charge is 2.16. The number of anilines is 1. The summed E-state index contributed by atoms with van der Waals surface area (Å²) in [4.78, 5) is 12.4. The van der Waals surface area contributed by atoms with Crippen molar-refractivity contribution < 1.29 is 13.2 Å². The van der Waals surface area contributed by atoms with Crippen LogP contribution in [0.1, 0.15) is 22.8 Å². The molecule has 0 heterocycles. The van der Waals surface area contributed by atoms with Crippen LogP contribution in [-0.2, 0) is 15.8 Å². The SMILES string of the molecule is CC(SCc1ccc(Cl)cc1)C(=O)c1ccc(NS(C)(=O)=O)cc1. The Labute approximate surface area is 151 Å². The zero-order valence-corrected chi connectivity index (χ0v) is 15.7. The topological polar surface area (TPSA) is 63.2 Å². The summed E-state index contributed by atoms with van der Waals surface area (Å²) < 4.78 is 24.7. The van der Waals surface area contributed by atoms with Gasteiger partial charge in [0.1, 0.15) is 0 Å². The van der Waals surface area contributed by atoms with Gasteiger partial charge in [0.2, 0.25) is 10.0 Å². The normalized spacial score (nSPS) is 12.6. The summed E-state index contributed by atoms with van der Waals surface area (Å²) in [6.07, 6.45) is 1.08. The molecule has 0 radical (unpaired) electrons. The maximum absolute atomic E-state index is 12.4. The molecule has 0 aliphatic carbocycles. The molecule has 0 aliphatic heterocycles. The highest BCUT2D eigenvalue weighted by atomic mass is 35.5. The van der Waals surface area contributed by atoms with E-state index >= 15 is 0 Å². The van der Waals surface area contributed by atoms with E-state index in [4.69, 9.17) is 11.6 Å². The summed E-state index contributed by atoms with van der Waals surface area (Å²) in [5.74, 6) is 0.734. The van der Waals surface area contributed by atoms with Gasteiger partial charge in [0.15, 0.2) is 5.78 Å². The van der Waals surface area contributed by atoms with Crippen molar-refractivity contribution in [2.24, 2.45) is 0 Å². The van der Waals surface area contributed by atoms with Crippen molar-refractivity contribution in [3.05, 3.63) is 64.7 Å². The van der Waals surface area contributed by atoms with Crippen LogP contribution in [0.5, 0.6) is 0 Å². The molecular weight excluding hydrogens is 366 g/mol. The number of hydrogen-bond acceptors (Lipinski definition) is 4. The summed E-state index contributed by atoms with van der Waals surface area (Å²) in [5, 5.41) is 0.491. The lowest BCUT2D eigenvalue weighted by Gasteiger charge is -2.11. The van der Waals surface area contributed by atoms with E-state index in [0.717, 1.165) is 17.6 Å². The van der Waals surface area contributed by atoms with Crippen LogP contribution in [0.25, 0.3) is 0 Å². The number of hydrogen-bond donors (Lipinski definition) is 1. The molecule has 0 aromatic heterocycles. The molecule has 0 spiro atoms. The largest absolute Gasteiger partial charge is 0.293 e. The first-order valence-electron chi connectivity index (χ1n) is 7.23. The Kier molecular flexibility index (Phi) is 6.32. The van der Waals surface area contributed by atoms with Gasteiger partial charge in [-0.3, -0.25) is 9.52 Å². The molecule has 2 aromatic carbocycles. The third-order valence-electron chi connectivity index (χ3n) is 3.26. The molecule has 2 aromatic rings. The maximum Gasteiger partial charge on any atom is 0.229 e. The van der Waals surface area contributed by atoms with Gasteiger partial charge in [-0.15, -0.1) is 11.8 Å². The number of carbonyl (C=O) groups excluding carboxylic acids is 1. The molecule has 4 nitrogen and oxygen atoms in total. The lowest BCUT2D eigenvalue weighted by Crippen LogP contribution is -2.14. The third kappa shape index (κ3) is 5.85. The first-order chi connectivity index (χ1) is 11.2. The molecule has 24 heavy (non-hydrogen) atoms. The Balaban J connectivity index is 1.96. The van der Waals surface area contributed by atoms with E-state index in [-0.39, 0.29) is 11.0 Å². The Morgan fingerprint density at radius 3 is 2.25 bits per heavy atom. The van der Waals surface area contributed by atoms with Crippen LogP contribution in [0, 0.1) is 0 Å². The van der Waals surface area contributed by atoms with E-state index in [9.17, 15) is 13.2 Å². The van der Waals surface area contributed by atoms with Crippen molar-refractivity contribution in [3.63, 3.8) is 0 Å². The number of thioether (sulfide) groups is 1. The minimum absolute atomic E-state index is 0.0138. The van der Waals surface area contributed by atoms with E-state index in [1.54, 1.807) is 36.0 Å². The first kappa shape index (κ1) is 18.8. The predicted octanol–water partition coefficient (Wildman–Crippen LogP) is 4.22. The Hall–Kier alpha value is -1.50. The van der Waals surface area contributed by atoms with Gasteiger partial charge < -0.3 is 0 Å². The molecule has 0 amide bonds. The van der Waals surface area contributed by atoms with Gasteiger partial charge in [0.25, 0.3) is 0 Å². The molecule has 0 saturated carbocycles. The fourth-order valence-corrected chi connectivity index (χ4v) is 3.64. The number of ketones is 1. The second-order valence-electron chi connectivity index (χ2n) is 5.40. The van der Waals surface area contributed by atoms with Gasteiger partial charge in [-0.1, -0.05) is 23.7 Å². The van der Waals surface area contributed by atoms with Crippen LogP contribution in [0.3, 0.4) is 0 Å². The lowest BCUT2D eigenvalue weighted by atomic mass is 10.1. The Morgan fingerprint density at radius 2 is 1.71 bits per heavy atom. The molecule has 128 valence electrons. The van der Waals surface area contributed by atoms with E-state index in [1.807, 2.05) is 31.2 Å². The molecule has 0 saturated heterocycles. The third-order valence-corrected chi connectivity index (χ3v) is 5.33. The number of carbonyl (C=O) groups is 1. The zero-order chi connectivity index (χ0) is 17.7. The summed E-state index contributed by atoms with van der Waals surface area (Å²) in [7, 11) is -3.32. The van der Waals surface area contributed by atoms with Gasteiger partial charge in [0, 0.05) is 22.0 Å². The van der Waals surface area contributed by atoms with E-state index < -0.39 is 10.0 Å². The molecule has 1 N–H and O–H groups in total. The van der Waals surface area contributed by atoms with Crippen LogP contribution in [0.15, 0.2) is 48.5 Å². The van der Waals surface area contributed by atoms with Crippen molar-refractivity contribution >= 4 is 44.9 Å². The van der Waals surface area contributed by atoms with Crippen molar-refractivity contribution in [1.29, 1.82) is 0 Å². The molecule has 0 bridgehead atoms. The molecular formula is C17H18ClNO3S2. The summed E-state index contributed by atoms with van der Waals surface area (Å²) in [6.45, 7) is 1.87. The highest BCUT2D eigenvalue weighted by Crippen LogP contribution is 2.23. The van der Waals surface area contributed by atoms with E-state index in [2.05, 4.69) is 4.72 Å². The second kappa shape index (κ2) is 8.05. The molecule has 7 heteroatoms. The fraction of sp³-hybridized carbons (Fsp3) is 0.235. The molecule has 0 fully saturated rings. The van der Waals surface area contributed by atoms with Gasteiger partial charge in [-0.25, -0.2) is 8.42 Å². The lowest BCUT2D eigenvalue weighted by molar-refractivity contribution is 0.0994. The van der Waals surface area contributed by atoms with E-state index in [1.165, 1.54) is 0 Å². The number of Topliss-reactive ketones (excluding diaryl/α,β-unsaturated/α-hetero) is 1. The second-order valence-corrected chi connectivity index (χ2v) is 8.91. The number of halogens is 1. The van der Waals surface area contributed by atoms with Crippen molar-refractivity contribution in [1.82, 2.24) is 0 Å². The van der Waals surface area contributed by atoms with Gasteiger partial charge in [0.05, 0.1) is 11.5 Å². The standard InChI is InChI=1S/C17H18ClNO3S2/c1-12(23-11-13-3-7-15(18)8-4-13)17(20)14-5-9-16(10-6-14)19-24(2,21)22/h3-10,12,19H,11H2,1-2H3. The Bertz CT molecular complexity index is 803. The molecule has 1 unspecified atom stereocenters. The minimum atomic E-state index is -3.32. The van der Waals surface area contributed by atoms with Gasteiger partial charge in [-0.2, -0.15) is 0 Å². The molecule has 2 rings (SSSR count). The summed E-state index contributed by atoms with van der Waals surface area (Å²) in [6, 6.07) is 14.0. The van der Waals surface area contributed by atoms with Crippen LogP contribution in [-0.4, -0.2) is 25.7 Å². The smallest absolute Gasteiger partial charge is 0.229 e. The summed E-state index contributed by atoms with van der Waals surface area (Å²) >= 11 is 7.40.